The van der Waals surface area contributed by atoms with Gasteiger partial charge in [-0.3, -0.25) is 4.99 Å². The summed E-state index contributed by atoms with van der Waals surface area (Å²) in [6.07, 6.45) is 1.56. The molecule has 116 valence electrons. The highest BCUT2D eigenvalue weighted by Crippen LogP contribution is 2.34. The Morgan fingerprint density at radius 1 is 0.955 bits per heavy atom. The van der Waals surface area contributed by atoms with E-state index in [1.807, 2.05) is 0 Å². The molecule has 0 atom stereocenters. The van der Waals surface area contributed by atoms with Crippen LogP contribution in [0.15, 0.2) is 39.8 Å². The van der Waals surface area contributed by atoms with E-state index in [0.29, 0.717) is 28.5 Å². The predicted octanol–water partition coefficient (Wildman–Crippen LogP) is 3.93. The minimum absolute atomic E-state index is 0.0370. The summed E-state index contributed by atoms with van der Waals surface area (Å²) in [7, 11) is 4.64. The third-order valence-electron chi connectivity index (χ3n) is 3.01. The first-order chi connectivity index (χ1) is 10.6. The zero-order valence-corrected chi connectivity index (χ0v) is 14.0. The van der Waals surface area contributed by atoms with Crippen molar-refractivity contribution in [1.29, 1.82) is 0 Å². The van der Waals surface area contributed by atoms with Gasteiger partial charge < -0.3 is 19.3 Å². The summed E-state index contributed by atoms with van der Waals surface area (Å²) in [6.45, 7) is 0. The molecular formula is C16H16BrNO4. The van der Waals surface area contributed by atoms with Crippen molar-refractivity contribution < 1.29 is 19.3 Å². The maximum atomic E-state index is 10.1. The van der Waals surface area contributed by atoms with Crippen LogP contribution in [-0.2, 0) is 0 Å². The van der Waals surface area contributed by atoms with Crippen molar-refractivity contribution in [3.8, 4) is 23.0 Å². The normalized spacial score (nSPS) is 10.7. The number of methoxy groups -OCH3 is 3. The molecule has 2 aromatic rings. The highest BCUT2D eigenvalue weighted by molar-refractivity contribution is 9.10. The van der Waals surface area contributed by atoms with Gasteiger partial charge in [-0.25, -0.2) is 0 Å². The van der Waals surface area contributed by atoms with Crippen molar-refractivity contribution in [2.75, 3.05) is 21.3 Å². The van der Waals surface area contributed by atoms with Gasteiger partial charge in [-0.2, -0.15) is 0 Å². The summed E-state index contributed by atoms with van der Waals surface area (Å²) in [6, 6.07) is 8.75. The first-order valence-corrected chi connectivity index (χ1v) is 7.21. The molecule has 0 fully saturated rings. The minimum Gasteiger partial charge on any atom is -0.504 e. The van der Waals surface area contributed by atoms with E-state index in [1.165, 1.54) is 7.11 Å². The van der Waals surface area contributed by atoms with E-state index in [1.54, 1.807) is 50.8 Å². The third kappa shape index (κ3) is 3.51. The monoisotopic (exact) mass is 365 g/mol. The van der Waals surface area contributed by atoms with Crippen molar-refractivity contribution in [2.45, 2.75) is 0 Å². The molecule has 0 amide bonds. The number of ether oxygens (including phenoxy) is 3. The lowest BCUT2D eigenvalue weighted by Gasteiger charge is -2.08. The number of rotatable bonds is 5. The quantitative estimate of drug-likeness (QED) is 0.815. The van der Waals surface area contributed by atoms with Crippen molar-refractivity contribution in [3.63, 3.8) is 0 Å². The van der Waals surface area contributed by atoms with Crippen LogP contribution in [0.1, 0.15) is 5.56 Å². The minimum atomic E-state index is 0.0370. The Bertz CT molecular complexity index is 701. The van der Waals surface area contributed by atoms with E-state index in [4.69, 9.17) is 14.2 Å². The molecule has 0 aromatic heterocycles. The maximum Gasteiger partial charge on any atom is 0.166 e. The smallest absolute Gasteiger partial charge is 0.166 e. The third-order valence-corrected chi connectivity index (χ3v) is 3.47. The number of phenols is 1. The first-order valence-electron chi connectivity index (χ1n) is 6.41. The zero-order valence-electron chi connectivity index (χ0n) is 12.5. The van der Waals surface area contributed by atoms with Gasteiger partial charge >= 0.3 is 0 Å². The van der Waals surface area contributed by atoms with Gasteiger partial charge in [0.25, 0.3) is 0 Å². The molecule has 0 bridgehead atoms. The maximum absolute atomic E-state index is 10.1. The summed E-state index contributed by atoms with van der Waals surface area (Å²) in [5.74, 6) is 1.64. The predicted molar refractivity (Wildman–Crippen MR) is 89.2 cm³/mol. The molecule has 0 unspecified atom stereocenters. The lowest BCUT2D eigenvalue weighted by atomic mass is 10.2. The Morgan fingerprint density at radius 3 is 2.27 bits per heavy atom. The summed E-state index contributed by atoms with van der Waals surface area (Å²) >= 11 is 3.37. The van der Waals surface area contributed by atoms with Gasteiger partial charge in [0.1, 0.15) is 0 Å². The molecule has 0 heterocycles. The second-order valence-corrected chi connectivity index (χ2v) is 5.26. The Hall–Kier alpha value is -2.21. The highest BCUT2D eigenvalue weighted by atomic mass is 79.9. The van der Waals surface area contributed by atoms with E-state index < -0.39 is 0 Å². The lowest BCUT2D eigenvalue weighted by Crippen LogP contribution is -1.90. The van der Waals surface area contributed by atoms with Gasteiger partial charge in [-0.1, -0.05) is 15.9 Å². The molecule has 0 saturated heterocycles. The molecule has 0 aliphatic carbocycles. The molecule has 0 aliphatic rings. The Morgan fingerprint density at radius 2 is 1.64 bits per heavy atom. The van der Waals surface area contributed by atoms with Gasteiger partial charge in [-0.05, 0) is 24.3 Å². The van der Waals surface area contributed by atoms with Crippen LogP contribution in [0, 0.1) is 0 Å². The zero-order chi connectivity index (χ0) is 16.1. The first kappa shape index (κ1) is 16.2. The van der Waals surface area contributed by atoms with Gasteiger partial charge in [0.15, 0.2) is 23.0 Å². The highest BCUT2D eigenvalue weighted by Gasteiger charge is 2.08. The van der Waals surface area contributed by atoms with Crippen LogP contribution in [-0.4, -0.2) is 32.7 Å². The molecule has 0 radical (unpaired) electrons. The van der Waals surface area contributed by atoms with Crippen LogP contribution in [0.2, 0.25) is 0 Å². The van der Waals surface area contributed by atoms with Crippen LogP contribution < -0.4 is 14.2 Å². The van der Waals surface area contributed by atoms with Crippen LogP contribution in [0.3, 0.4) is 0 Å². The number of hydrogen-bond acceptors (Lipinski definition) is 5. The summed E-state index contributed by atoms with van der Waals surface area (Å²) < 4.78 is 16.3. The molecular weight excluding hydrogens is 350 g/mol. The van der Waals surface area contributed by atoms with Crippen LogP contribution >= 0.6 is 15.9 Å². The van der Waals surface area contributed by atoms with E-state index in [0.717, 1.165) is 4.47 Å². The van der Waals surface area contributed by atoms with Gasteiger partial charge in [0.2, 0.25) is 0 Å². The van der Waals surface area contributed by atoms with E-state index in [-0.39, 0.29) is 5.75 Å². The van der Waals surface area contributed by atoms with Gasteiger partial charge in [0.05, 0.1) is 27.0 Å². The number of aliphatic imine (C=N–C) groups is 1. The number of nitrogens with zero attached hydrogens (tertiary/aromatic N) is 1. The fourth-order valence-electron chi connectivity index (χ4n) is 1.90. The van der Waals surface area contributed by atoms with Crippen LogP contribution in [0.5, 0.6) is 23.0 Å². The van der Waals surface area contributed by atoms with Gasteiger partial charge in [0, 0.05) is 22.3 Å². The van der Waals surface area contributed by atoms with Crippen LogP contribution in [0.4, 0.5) is 5.69 Å². The number of phenolic OH excluding ortho intramolecular Hbond substituents is 1. The summed E-state index contributed by atoms with van der Waals surface area (Å²) in [5.41, 5.74) is 1.22. The molecule has 2 aromatic carbocycles. The topological polar surface area (TPSA) is 60.3 Å². The van der Waals surface area contributed by atoms with Gasteiger partial charge in [-0.15, -0.1) is 0 Å². The van der Waals surface area contributed by atoms with Crippen molar-refractivity contribution >= 4 is 27.8 Å². The number of aromatic hydroxyl groups is 1. The SMILES string of the molecule is COc1ccc(N=Cc2cc(Br)cc(OC)c2O)cc1OC. The van der Waals surface area contributed by atoms with E-state index in [2.05, 4.69) is 20.9 Å². The molecule has 0 aliphatic heterocycles. The summed E-state index contributed by atoms with van der Waals surface area (Å²) in [5, 5.41) is 10.1. The molecule has 22 heavy (non-hydrogen) atoms. The van der Waals surface area contributed by atoms with Crippen molar-refractivity contribution in [3.05, 3.63) is 40.4 Å². The van der Waals surface area contributed by atoms with E-state index >= 15 is 0 Å². The van der Waals surface area contributed by atoms with Crippen molar-refractivity contribution in [1.82, 2.24) is 0 Å². The average molecular weight is 366 g/mol. The largest absolute Gasteiger partial charge is 0.504 e. The fourth-order valence-corrected chi connectivity index (χ4v) is 2.35. The van der Waals surface area contributed by atoms with Crippen LogP contribution in [0.25, 0.3) is 0 Å². The summed E-state index contributed by atoms with van der Waals surface area (Å²) in [4.78, 5) is 4.34. The fraction of sp³-hybridized carbons (Fsp3) is 0.188. The number of hydrogen-bond donors (Lipinski definition) is 1. The standard InChI is InChI=1S/C16H16BrNO4/c1-20-13-5-4-12(8-14(13)21-2)18-9-10-6-11(17)7-15(22-3)16(10)19/h4-9,19H,1-3H3. The molecule has 0 saturated carbocycles. The average Bonchev–Trinajstić information content (AvgIpc) is 2.54. The Labute approximate surface area is 137 Å². The lowest BCUT2D eigenvalue weighted by molar-refractivity contribution is 0.355. The Kier molecular flexibility index (Phi) is 5.27. The molecule has 5 nitrogen and oxygen atoms in total. The molecule has 2 rings (SSSR count). The number of benzene rings is 2. The second-order valence-electron chi connectivity index (χ2n) is 4.34. The second kappa shape index (κ2) is 7.17. The van der Waals surface area contributed by atoms with E-state index in [9.17, 15) is 5.11 Å². The number of halogens is 1. The molecule has 0 spiro atoms. The Balaban J connectivity index is 2.35. The molecule has 1 N–H and O–H groups in total. The molecule has 6 heteroatoms. The van der Waals surface area contributed by atoms with Crippen molar-refractivity contribution in [2.24, 2.45) is 4.99 Å².